The van der Waals surface area contributed by atoms with Crippen LogP contribution in [0, 0.1) is 5.82 Å². The third-order valence-corrected chi connectivity index (χ3v) is 8.90. The van der Waals surface area contributed by atoms with Gasteiger partial charge in [0.05, 0.1) is 13.2 Å². The highest BCUT2D eigenvalue weighted by Gasteiger charge is 2.37. The van der Waals surface area contributed by atoms with Gasteiger partial charge in [-0.25, -0.2) is 4.39 Å². The van der Waals surface area contributed by atoms with Gasteiger partial charge < -0.3 is 15.4 Å². The molecule has 0 saturated carbocycles. The third-order valence-electron chi connectivity index (χ3n) is 7.68. The van der Waals surface area contributed by atoms with E-state index in [1.807, 2.05) is 42.5 Å². The molecule has 0 unspecified atom stereocenters. The van der Waals surface area contributed by atoms with Crippen LogP contribution in [0.1, 0.15) is 23.1 Å². The molecule has 0 aliphatic carbocycles. The quantitative estimate of drug-likeness (QED) is 0.257. The molecule has 7 heteroatoms. The zero-order valence-corrected chi connectivity index (χ0v) is 23.2. The van der Waals surface area contributed by atoms with Gasteiger partial charge in [-0.05, 0) is 78.9 Å². The molecule has 0 spiro atoms. The van der Waals surface area contributed by atoms with Gasteiger partial charge in [0.1, 0.15) is 11.6 Å². The summed E-state index contributed by atoms with van der Waals surface area (Å²) in [6.07, 6.45) is 2.62. The van der Waals surface area contributed by atoms with E-state index in [-0.39, 0.29) is 23.0 Å². The number of rotatable bonds is 7. The Balaban J connectivity index is 1.21. The van der Waals surface area contributed by atoms with E-state index in [1.54, 1.807) is 31.0 Å². The zero-order valence-electron chi connectivity index (χ0n) is 22.4. The lowest BCUT2D eigenvalue weighted by Gasteiger charge is -2.24. The van der Waals surface area contributed by atoms with Gasteiger partial charge in [-0.2, -0.15) is 0 Å². The van der Waals surface area contributed by atoms with Gasteiger partial charge in [0.25, 0.3) is 0 Å². The molecule has 2 aliphatic heterocycles. The van der Waals surface area contributed by atoms with Crippen molar-refractivity contribution in [2.24, 2.45) is 0 Å². The number of ether oxygens (including phenoxy) is 1. The number of para-hydroxylation sites is 2. The van der Waals surface area contributed by atoms with Gasteiger partial charge in [-0.3, -0.25) is 9.69 Å². The van der Waals surface area contributed by atoms with Crippen molar-refractivity contribution in [2.45, 2.75) is 42.0 Å². The zero-order chi connectivity index (χ0) is 27.5. The summed E-state index contributed by atoms with van der Waals surface area (Å²) in [5.41, 5.74) is 6.51. The van der Waals surface area contributed by atoms with Crippen molar-refractivity contribution in [3.05, 3.63) is 114 Å². The molecule has 2 heterocycles. The van der Waals surface area contributed by atoms with Gasteiger partial charge >= 0.3 is 0 Å². The number of aryl methyl sites for hydroxylation is 2. The minimum Gasteiger partial charge on any atom is -0.496 e. The molecule has 0 radical (unpaired) electrons. The molecule has 2 N–H and O–H groups in total. The van der Waals surface area contributed by atoms with Gasteiger partial charge in [-0.1, -0.05) is 42.5 Å². The van der Waals surface area contributed by atoms with Crippen LogP contribution in [0.15, 0.2) is 95.9 Å². The summed E-state index contributed by atoms with van der Waals surface area (Å²) in [7, 11) is 1.67. The van der Waals surface area contributed by atoms with Crippen LogP contribution in [0.2, 0.25) is 0 Å². The number of nitrogens with one attached hydrogen (secondary N) is 2. The molecule has 4 aromatic rings. The molecule has 0 aromatic heterocycles. The van der Waals surface area contributed by atoms with Crippen LogP contribution >= 0.6 is 11.8 Å². The molecule has 1 saturated heterocycles. The first-order valence-electron chi connectivity index (χ1n) is 13.6. The second-order valence-corrected chi connectivity index (χ2v) is 11.7. The highest BCUT2D eigenvalue weighted by atomic mass is 32.2. The lowest BCUT2D eigenvalue weighted by molar-refractivity contribution is -0.120. The smallest absolute Gasteiger partial charge is 0.241 e. The van der Waals surface area contributed by atoms with Crippen molar-refractivity contribution in [3.8, 4) is 5.75 Å². The van der Waals surface area contributed by atoms with Gasteiger partial charge in [0, 0.05) is 45.9 Å². The number of benzene rings is 4. The summed E-state index contributed by atoms with van der Waals surface area (Å²) in [6.45, 7) is 1.34. The lowest BCUT2D eigenvalue weighted by Crippen LogP contribution is -2.39. The fourth-order valence-corrected chi connectivity index (χ4v) is 6.86. The van der Waals surface area contributed by atoms with E-state index in [0.717, 1.165) is 52.7 Å². The van der Waals surface area contributed by atoms with Crippen LogP contribution in [0.3, 0.4) is 0 Å². The summed E-state index contributed by atoms with van der Waals surface area (Å²) in [6, 6.07) is 28.7. The molecule has 5 nitrogen and oxygen atoms in total. The maximum atomic E-state index is 13.8. The SMILES string of the molecule is COc1ccccc1CN1C[C@H](Sc2ccc(F)cc2)C[C@H]1C(=O)Nc1ccc2c(c1)Nc1ccccc1CC2. The number of nitrogens with zero attached hydrogens (tertiary/aromatic N) is 1. The fourth-order valence-electron chi connectivity index (χ4n) is 5.64. The minimum absolute atomic E-state index is 0.0222. The Morgan fingerprint density at radius 3 is 2.55 bits per heavy atom. The van der Waals surface area contributed by atoms with E-state index in [1.165, 1.54) is 23.3 Å². The average Bonchev–Trinajstić information content (AvgIpc) is 3.26. The lowest BCUT2D eigenvalue weighted by atomic mass is 10.0. The highest BCUT2D eigenvalue weighted by Crippen LogP contribution is 2.36. The maximum Gasteiger partial charge on any atom is 0.241 e. The number of methoxy groups -OCH3 is 1. The van der Waals surface area contributed by atoms with E-state index in [2.05, 4.69) is 39.8 Å². The Kier molecular flexibility index (Phi) is 7.75. The molecule has 6 rings (SSSR count). The molecule has 40 heavy (non-hydrogen) atoms. The van der Waals surface area contributed by atoms with Crippen molar-refractivity contribution in [2.75, 3.05) is 24.3 Å². The Labute approximate surface area is 238 Å². The maximum absolute atomic E-state index is 13.8. The van der Waals surface area contributed by atoms with Crippen LogP contribution in [-0.4, -0.2) is 35.8 Å². The van der Waals surface area contributed by atoms with Crippen molar-refractivity contribution in [1.29, 1.82) is 0 Å². The molecule has 2 aliphatic rings. The average molecular weight is 554 g/mol. The second kappa shape index (κ2) is 11.7. The number of hydrogen-bond acceptors (Lipinski definition) is 5. The minimum atomic E-state index is -0.310. The number of thioether (sulfide) groups is 1. The summed E-state index contributed by atoms with van der Waals surface area (Å²) < 4.78 is 19.1. The van der Waals surface area contributed by atoms with Crippen LogP contribution in [0.25, 0.3) is 0 Å². The Bertz CT molecular complexity index is 1510. The van der Waals surface area contributed by atoms with Crippen molar-refractivity contribution >= 4 is 34.7 Å². The number of amides is 1. The van der Waals surface area contributed by atoms with Crippen LogP contribution in [-0.2, 0) is 24.2 Å². The van der Waals surface area contributed by atoms with Gasteiger partial charge in [0.15, 0.2) is 0 Å². The number of halogens is 1. The number of carbonyl (C=O) groups is 1. The number of fused-ring (bicyclic) bond motifs is 2. The summed E-state index contributed by atoms with van der Waals surface area (Å²) in [4.78, 5) is 17.0. The first-order chi connectivity index (χ1) is 19.6. The number of anilines is 3. The van der Waals surface area contributed by atoms with Crippen molar-refractivity contribution < 1.29 is 13.9 Å². The normalized spacial score (nSPS) is 18.2. The van der Waals surface area contributed by atoms with E-state index in [4.69, 9.17) is 4.74 Å². The molecule has 1 fully saturated rings. The number of carbonyl (C=O) groups excluding carboxylic acids is 1. The first kappa shape index (κ1) is 26.4. The monoisotopic (exact) mass is 553 g/mol. The van der Waals surface area contributed by atoms with Crippen LogP contribution in [0.4, 0.5) is 21.5 Å². The Morgan fingerprint density at radius 2 is 1.73 bits per heavy atom. The van der Waals surface area contributed by atoms with Gasteiger partial charge in [0.2, 0.25) is 5.91 Å². The third kappa shape index (κ3) is 5.86. The Morgan fingerprint density at radius 1 is 0.975 bits per heavy atom. The predicted octanol–water partition coefficient (Wildman–Crippen LogP) is 7.05. The summed E-state index contributed by atoms with van der Waals surface area (Å²) in [5, 5.41) is 6.97. The van der Waals surface area contributed by atoms with E-state index in [9.17, 15) is 9.18 Å². The molecule has 1 amide bonds. The molecule has 2 atom stereocenters. The van der Waals surface area contributed by atoms with Crippen LogP contribution < -0.4 is 15.4 Å². The number of hydrogen-bond donors (Lipinski definition) is 2. The van der Waals surface area contributed by atoms with Crippen molar-refractivity contribution in [1.82, 2.24) is 4.90 Å². The molecule has 0 bridgehead atoms. The first-order valence-corrected chi connectivity index (χ1v) is 14.5. The summed E-state index contributed by atoms with van der Waals surface area (Å²) >= 11 is 1.70. The van der Waals surface area contributed by atoms with Gasteiger partial charge in [-0.15, -0.1) is 11.8 Å². The topological polar surface area (TPSA) is 53.6 Å². The molecular weight excluding hydrogens is 521 g/mol. The standard InChI is InChI=1S/C33H32FN3O2S/c1-39-32-9-5-3-7-24(32)20-37-21-28(40-27-16-13-25(34)14-17-27)19-31(37)33(38)35-26-15-12-23-11-10-22-6-2-4-8-29(22)36-30(23)18-26/h2-9,12-18,28,31,36H,10-11,19-21H2,1H3,(H,35,38)/t28-,31+/m1/s1. The molecular formula is C33H32FN3O2S. The van der Waals surface area contributed by atoms with Crippen molar-refractivity contribution in [3.63, 3.8) is 0 Å². The van der Waals surface area contributed by atoms with E-state index >= 15 is 0 Å². The largest absolute Gasteiger partial charge is 0.496 e. The molecule has 204 valence electrons. The summed E-state index contributed by atoms with van der Waals surface area (Å²) in [5.74, 6) is 0.545. The van der Waals surface area contributed by atoms with Crippen LogP contribution in [0.5, 0.6) is 5.75 Å². The second-order valence-electron chi connectivity index (χ2n) is 10.3. The highest BCUT2D eigenvalue weighted by molar-refractivity contribution is 8.00. The van der Waals surface area contributed by atoms with E-state index < -0.39 is 0 Å². The molecule has 4 aromatic carbocycles. The Hall–Kier alpha value is -3.81. The number of likely N-dealkylation sites (tertiary alicyclic amines) is 1. The fraction of sp³-hybridized carbons (Fsp3) is 0.242. The predicted molar refractivity (Wildman–Crippen MR) is 160 cm³/mol. The van der Waals surface area contributed by atoms with E-state index in [0.29, 0.717) is 13.0 Å².